The number of carbonyl (C=O) groups is 1. The van der Waals surface area contributed by atoms with Crippen LogP contribution in [0.1, 0.15) is 24.8 Å². The molecule has 0 bridgehead atoms. The highest BCUT2D eigenvalue weighted by Gasteiger charge is 2.19. The highest BCUT2D eigenvalue weighted by atomic mass is 16.2. The van der Waals surface area contributed by atoms with Gasteiger partial charge in [-0.05, 0) is 31.0 Å². The summed E-state index contributed by atoms with van der Waals surface area (Å²) in [7, 11) is 1.87. The van der Waals surface area contributed by atoms with Crippen molar-refractivity contribution in [2.24, 2.45) is 0 Å². The molecule has 0 aliphatic carbocycles. The van der Waals surface area contributed by atoms with Gasteiger partial charge in [-0.2, -0.15) is 0 Å². The van der Waals surface area contributed by atoms with E-state index in [0.717, 1.165) is 18.5 Å². The molecule has 1 atom stereocenters. The van der Waals surface area contributed by atoms with Gasteiger partial charge in [-0.15, -0.1) is 0 Å². The Hall–Kier alpha value is -1.29. The molecule has 2 rings (SSSR count). The van der Waals surface area contributed by atoms with Crippen LogP contribution in [0.15, 0.2) is 18.5 Å². The molecule has 88 valence electrons. The molecule has 1 aromatic heterocycles. The van der Waals surface area contributed by atoms with Gasteiger partial charge in [0.2, 0.25) is 5.91 Å². The van der Waals surface area contributed by atoms with Gasteiger partial charge >= 0.3 is 0 Å². The molecule has 0 saturated carbocycles. The van der Waals surface area contributed by atoms with Gasteiger partial charge in [-0.25, -0.2) is 0 Å². The molecule has 1 aliphatic rings. The summed E-state index contributed by atoms with van der Waals surface area (Å²) in [6.07, 6.45) is 6.76. The minimum Gasteiger partial charge on any atom is -0.367 e. The lowest BCUT2D eigenvalue weighted by Crippen LogP contribution is -2.33. The van der Waals surface area contributed by atoms with Crippen LogP contribution in [-0.4, -0.2) is 35.4 Å². The summed E-state index contributed by atoms with van der Waals surface area (Å²) >= 11 is 0. The van der Waals surface area contributed by atoms with Gasteiger partial charge in [0.05, 0.1) is 0 Å². The number of nitrogens with one attached hydrogen (secondary N) is 2. The zero-order chi connectivity index (χ0) is 11.4. The molecule has 4 heteroatoms. The molecule has 0 radical (unpaired) electrons. The second kappa shape index (κ2) is 5.16. The number of H-pyrrole nitrogens is 1. The number of hydrogen-bond donors (Lipinski definition) is 2. The molecule has 0 spiro atoms. The van der Waals surface area contributed by atoms with Gasteiger partial charge in [-0.3, -0.25) is 4.79 Å². The smallest absolute Gasteiger partial charge is 0.224 e. The first kappa shape index (κ1) is 11.2. The summed E-state index contributed by atoms with van der Waals surface area (Å²) < 4.78 is 0. The molecule has 1 saturated heterocycles. The average molecular weight is 221 g/mol. The van der Waals surface area contributed by atoms with Crippen LogP contribution in [-0.2, 0) is 11.3 Å². The van der Waals surface area contributed by atoms with Crippen molar-refractivity contribution in [2.45, 2.75) is 31.8 Å². The summed E-state index contributed by atoms with van der Waals surface area (Å²) in [5.74, 6) is 0.223. The Morgan fingerprint density at radius 1 is 1.62 bits per heavy atom. The lowest BCUT2D eigenvalue weighted by molar-refractivity contribution is -0.130. The van der Waals surface area contributed by atoms with E-state index in [1.165, 1.54) is 6.42 Å². The monoisotopic (exact) mass is 221 g/mol. The number of aromatic nitrogens is 1. The number of nitrogens with zero attached hydrogens (tertiary/aromatic N) is 1. The lowest BCUT2D eigenvalue weighted by atomic mass is 10.1. The molecule has 0 aromatic carbocycles. The summed E-state index contributed by atoms with van der Waals surface area (Å²) in [6, 6.07) is 2.39. The van der Waals surface area contributed by atoms with Crippen molar-refractivity contribution in [1.29, 1.82) is 0 Å². The highest BCUT2D eigenvalue weighted by Crippen LogP contribution is 2.11. The third-order valence-electron chi connectivity index (χ3n) is 3.09. The minimum absolute atomic E-state index is 0.223. The molecule has 1 unspecified atom stereocenters. The molecule has 16 heavy (non-hydrogen) atoms. The number of carbonyl (C=O) groups excluding carboxylic acids is 1. The number of aromatic amines is 1. The predicted molar refractivity (Wildman–Crippen MR) is 62.9 cm³/mol. The molecule has 1 fully saturated rings. The van der Waals surface area contributed by atoms with Crippen LogP contribution in [0.2, 0.25) is 0 Å². The SMILES string of the molecule is CN(Cc1cc[nH]c1)C(=O)CC1CCCN1. The summed E-state index contributed by atoms with van der Waals surface area (Å²) in [5.41, 5.74) is 1.15. The first-order valence-electron chi connectivity index (χ1n) is 5.85. The standard InChI is InChI=1S/C12H19N3O/c1-15(9-10-4-6-13-8-10)12(16)7-11-3-2-5-14-11/h4,6,8,11,13-14H,2-3,5,7,9H2,1H3. The van der Waals surface area contributed by atoms with Crippen LogP contribution in [0.25, 0.3) is 0 Å². The van der Waals surface area contributed by atoms with Gasteiger partial charge in [-0.1, -0.05) is 0 Å². The van der Waals surface area contributed by atoms with E-state index in [4.69, 9.17) is 0 Å². The number of hydrogen-bond acceptors (Lipinski definition) is 2. The molecule has 2 heterocycles. The molecular weight excluding hydrogens is 202 g/mol. The zero-order valence-corrected chi connectivity index (χ0v) is 9.70. The quantitative estimate of drug-likeness (QED) is 0.800. The molecule has 1 aromatic rings. The van der Waals surface area contributed by atoms with Gasteiger partial charge in [0.1, 0.15) is 0 Å². The van der Waals surface area contributed by atoms with Crippen molar-refractivity contribution in [3.8, 4) is 0 Å². The molecular formula is C12H19N3O. The minimum atomic E-state index is 0.223. The van der Waals surface area contributed by atoms with Gasteiger partial charge in [0.15, 0.2) is 0 Å². The van der Waals surface area contributed by atoms with Crippen molar-refractivity contribution < 1.29 is 4.79 Å². The van der Waals surface area contributed by atoms with Crippen molar-refractivity contribution in [3.05, 3.63) is 24.0 Å². The first-order valence-corrected chi connectivity index (χ1v) is 5.85. The van der Waals surface area contributed by atoms with Crippen LogP contribution >= 0.6 is 0 Å². The van der Waals surface area contributed by atoms with Gasteiger partial charge < -0.3 is 15.2 Å². The van der Waals surface area contributed by atoms with Gasteiger partial charge in [0, 0.05) is 38.4 Å². The van der Waals surface area contributed by atoms with E-state index in [0.29, 0.717) is 19.0 Å². The Morgan fingerprint density at radius 2 is 2.50 bits per heavy atom. The second-order valence-electron chi connectivity index (χ2n) is 4.47. The van der Waals surface area contributed by atoms with Crippen molar-refractivity contribution in [1.82, 2.24) is 15.2 Å². The Morgan fingerprint density at radius 3 is 3.12 bits per heavy atom. The fraction of sp³-hybridized carbons (Fsp3) is 0.583. The molecule has 1 aliphatic heterocycles. The second-order valence-corrected chi connectivity index (χ2v) is 4.47. The van der Waals surface area contributed by atoms with E-state index in [2.05, 4.69) is 10.3 Å². The van der Waals surface area contributed by atoms with E-state index >= 15 is 0 Å². The predicted octanol–water partition coefficient (Wildman–Crippen LogP) is 1.12. The average Bonchev–Trinajstić information content (AvgIpc) is 2.90. The maximum atomic E-state index is 11.9. The van der Waals surface area contributed by atoms with Crippen molar-refractivity contribution in [2.75, 3.05) is 13.6 Å². The maximum absolute atomic E-state index is 11.9. The largest absolute Gasteiger partial charge is 0.367 e. The topological polar surface area (TPSA) is 48.1 Å². The number of rotatable bonds is 4. The zero-order valence-electron chi connectivity index (χ0n) is 9.70. The normalized spacial score (nSPS) is 19.9. The Bertz CT molecular complexity index is 328. The molecule has 1 amide bonds. The van der Waals surface area contributed by atoms with E-state index in [9.17, 15) is 4.79 Å². The van der Waals surface area contributed by atoms with Crippen LogP contribution in [0.3, 0.4) is 0 Å². The van der Waals surface area contributed by atoms with E-state index in [1.807, 2.05) is 25.5 Å². The fourth-order valence-electron chi connectivity index (χ4n) is 2.12. The van der Waals surface area contributed by atoms with Gasteiger partial charge in [0.25, 0.3) is 0 Å². The third-order valence-corrected chi connectivity index (χ3v) is 3.09. The van der Waals surface area contributed by atoms with Crippen LogP contribution < -0.4 is 5.32 Å². The van der Waals surface area contributed by atoms with Crippen LogP contribution in [0.4, 0.5) is 0 Å². The highest BCUT2D eigenvalue weighted by molar-refractivity contribution is 5.76. The third kappa shape index (κ3) is 2.85. The molecule has 4 nitrogen and oxygen atoms in total. The Labute approximate surface area is 96.0 Å². The lowest BCUT2D eigenvalue weighted by Gasteiger charge is -2.18. The Balaban J connectivity index is 1.79. The van der Waals surface area contributed by atoms with E-state index in [1.54, 1.807) is 4.90 Å². The Kier molecular flexibility index (Phi) is 3.62. The summed E-state index contributed by atoms with van der Waals surface area (Å²) in [4.78, 5) is 16.7. The van der Waals surface area contributed by atoms with Crippen molar-refractivity contribution in [3.63, 3.8) is 0 Å². The number of amides is 1. The summed E-state index contributed by atoms with van der Waals surface area (Å²) in [5, 5.41) is 3.35. The fourth-order valence-corrected chi connectivity index (χ4v) is 2.12. The molecule has 2 N–H and O–H groups in total. The maximum Gasteiger partial charge on any atom is 0.224 e. The van der Waals surface area contributed by atoms with E-state index in [-0.39, 0.29) is 5.91 Å². The van der Waals surface area contributed by atoms with E-state index < -0.39 is 0 Å². The van der Waals surface area contributed by atoms with Crippen LogP contribution in [0.5, 0.6) is 0 Å². The first-order chi connectivity index (χ1) is 7.75. The van der Waals surface area contributed by atoms with Crippen LogP contribution in [0, 0.1) is 0 Å². The van der Waals surface area contributed by atoms with Crippen molar-refractivity contribution >= 4 is 5.91 Å². The summed E-state index contributed by atoms with van der Waals surface area (Å²) in [6.45, 7) is 1.74.